The van der Waals surface area contributed by atoms with E-state index in [1.165, 1.54) is 10.8 Å². The van der Waals surface area contributed by atoms with Gasteiger partial charge in [-0.3, -0.25) is 4.40 Å². The van der Waals surface area contributed by atoms with Crippen molar-refractivity contribution in [2.45, 2.75) is 0 Å². The molecule has 0 unspecified atom stereocenters. The van der Waals surface area contributed by atoms with Crippen molar-refractivity contribution in [3.8, 4) is 45.4 Å². The van der Waals surface area contributed by atoms with Gasteiger partial charge in [-0.05, 0) is 73.4 Å². The van der Waals surface area contributed by atoms with Gasteiger partial charge in [-0.25, -0.2) is 24.9 Å². The zero-order chi connectivity index (χ0) is 37.5. The van der Waals surface area contributed by atoms with Crippen LogP contribution in [0.1, 0.15) is 0 Å². The molecule has 0 aliphatic rings. The van der Waals surface area contributed by atoms with Crippen molar-refractivity contribution in [1.29, 1.82) is 0 Å². The van der Waals surface area contributed by atoms with Gasteiger partial charge in [0, 0.05) is 33.8 Å². The van der Waals surface area contributed by atoms with E-state index in [2.05, 4.69) is 156 Å². The summed E-state index contributed by atoms with van der Waals surface area (Å²) in [5.41, 5.74) is 8.37. The molecule has 0 saturated heterocycles. The van der Waals surface area contributed by atoms with Crippen LogP contribution in [0.25, 0.3) is 116 Å². The molecule has 0 N–H and O–H groups in total. The molecule has 12 aromatic rings. The lowest BCUT2D eigenvalue weighted by Gasteiger charge is -2.14. The van der Waals surface area contributed by atoms with Crippen molar-refractivity contribution >= 4 is 70.7 Å². The van der Waals surface area contributed by atoms with Gasteiger partial charge in [0.25, 0.3) is 0 Å². The molecule has 6 nitrogen and oxygen atoms in total. The van der Waals surface area contributed by atoms with Crippen LogP contribution in [0.4, 0.5) is 0 Å². The van der Waals surface area contributed by atoms with Gasteiger partial charge in [0.15, 0.2) is 17.5 Å². The maximum Gasteiger partial charge on any atom is 0.164 e. The highest BCUT2D eigenvalue weighted by Crippen LogP contribution is 2.39. The van der Waals surface area contributed by atoms with Crippen LogP contribution < -0.4 is 0 Å². The van der Waals surface area contributed by atoms with Crippen LogP contribution in [-0.2, 0) is 0 Å². The second-order valence-corrected chi connectivity index (χ2v) is 14.5. The normalized spacial score (nSPS) is 11.9. The van der Waals surface area contributed by atoms with E-state index in [-0.39, 0.29) is 0 Å². The first-order valence-electron chi connectivity index (χ1n) is 19.1. The number of fused-ring (bicyclic) bond motifs is 11. The Balaban J connectivity index is 1.09. The summed E-state index contributed by atoms with van der Waals surface area (Å²) in [5, 5.41) is 10.2. The summed E-state index contributed by atoms with van der Waals surface area (Å²) < 4.78 is 2.13. The molecule has 0 bridgehead atoms. The smallest absolute Gasteiger partial charge is 0.164 e. The molecule has 0 fully saturated rings. The summed E-state index contributed by atoms with van der Waals surface area (Å²) in [7, 11) is 0. The van der Waals surface area contributed by atoms with Crippen molar-refractivity contribution < 1.29 is 0 Å². The van der Waals surface area contributed by atoms with Crippen LogP contribution in [0.5, 0.6) is 0 Å². The largest absolute Gasteiger partial charge is 0.298 e. The first-order valence-corrected chi connectivity index (χ1v) is 19.1. The molecule has 0 aliphatic carbocycles. The minimum Gasteiger partial charge on any atom is -0.298 e. The van der Waals surface area contributed by atoms with Crippen molar-refractivity contribution in [3.63, 3.8) is 0 Å². The van der Waals surface area contributed by atoms with Crippen LogP contribution in [0, 0.1) is 0 Å². The molecule has 0 atom stereocenters. The Hall–Kier alpha value is -7.83. The summed E-state index contributed by atoms with van der Waals surface area (Å²) in [6, 6.07) is 61.2. The molecule has 0 spiro atoms. The summed E-state index contributed by atoms with van der Waals surface area (Å²) in [5.74, 6) is 1.85. The number of nitrogens with zero attached hydrogens (tertiary/aromatic N) is 6. The lowest BCUT2D eigenvalue weighted by Crippen LogP contribution is -2.01. The standard InChI is InChI=1S/C51H30N6/c1-3-15-35-33(13-1)29-42(39-19-7-5-17-37(35)39)50-54-49(55-51(56-50)43-30-34-14-2-4-16-36(34)38-18-6-8-20-40(38)43)32-26-24-31(25-27-32)46-48-47(41-21-9-10-22-44(41)52-46)53-45-23-11-12-28-57(45)48/h1-30H. The summed E-state index contributed by atoms with van der Waals surface area (Å²) in [6.45, 7) is 0. The first kappa shape index (κ1) is 31.5. The Labute approximate surface area is 326 Å². The molecule has 6 heteroatoms. The van der Waals surface area contributed by atoms with Gasteiger partial charge >= 0.3 is 0 Å². The van der Waals surface area contributed by atoms with Crippen LogP contribution in [-0.4, -0.2) is 29.3 Å². The monoisotopic (exact) mass is 726 g/mol. The number of rotatable bonds is 4. The Morgan fingerprint density at radius 1 is 0.351 bits per heavy atom. The highest BCUT2D eigenvalue weighted by Gasteiger charge is 2.20. The third-order valence-electron chi connectivity index (χ3n) is 11.2. The predicted molar refractivity (Wildman–Crippen MR) is 233 cm³/mol. The zero-order valence-electron chi connectivity index (χ0n) is 30.5. The Bertz CT molecular complexity index is 3450. The van der Waals surface area contributed by atoms with Crippen LogP contribution in [0.15, 0.2) is 182 Å². The molecule has 0 amide bonds. The third-order valence-corrected chi connectivity index (χ3v) is 11.2. The molecule has 0 radical (unpaired) electrons. The van der Waals surface area contributed by atoms with Gasteiger partial charge in [-0.2, -0.15) is 0 Å². The predicted octanol–water partition coefficient (Wildman–Crippen LogP) is 12.5. The van der Waals surface area contributed by atoms with E-state index in [0.29, 0.717) is 17.5 Å². The molecule has 8 aromatic carbocycles. The molecule has 4 aromatic heterocycles. The van der Waals surface area contributed by atoms with E-state index in [1.54, 1.807) is 0 Å². The molecule has 12 rings (SSSR count). The second-order valence-electron chi connectivity index (χ2n) is 14.5. The third kappa shape index (κ3) is 4.94. The number of benzene rings is 8. The fourth-order valence-corrected chi connectivity index (χ4v) is 8.56. The minimum absolute atomic E-state index is 0.599. The number of aromatic nitrogens is 6. The summed E-state index contributed by atoms with van der Waals surface area (Å²) in [4.78, 5) is 26.1. The van der Waals surface area contributed by atoms with Crippen molar-refractivity contribution in [1.82, 2.24) is 29.3 Å². The maximum absolute atomic E-state index is 5.32. The number of hydrogen-bond acceptors (Lipinski definition) is 5. The van der Waals surface area contributed by atoms with E-state index >= 15 is 0 Å². The minimum atomic E-state index is 0.599. The molecule has 0 saturated carbocycles. The molecule has 4 heterocycles. The number of imidazole rings is 1. The van der Waals surface area contributed by atoms with Gasteiger partial charge < -0.3 is 0 Å². The molecule has 57 heavy (non-hydrogen) atoms. The topological polar surface area (TPSA) is 68.9 Å². The van der Waals surface area contributed by atoms with Crippen LogP contribution >= 0.6 is 0 Å². The SMILES string of the molecule is c1ccc2c(c1)cc(-c1nc(-c3ccc(-c4nc5ccccc5c5nc6ccccn6c45)cc3)nc(-c3cc4ccccc4c4ccccc34)n1)c1ccccc12. The van der Waals surface area contributed by atoms with Crippen molar-refractivity contribution in [2.75, 3.05) is 0 Å². The fraction of sp³-hybridized carbons (Fsp3) is 0. The summed E-state index contributed by atoms with van der Waals surface area (Å²) in [6.07, 6.45) is 2.06. The maximum atomic E-state index is 5.32. The van der Waals surface area contributed by atoms with E-state index in [9.17, 15) is 0 Å². The Morgan fingerprint density at radius 3 is 1.47 bits per heavy atom. The van der Waals surface area contributed by atoms with Crippen LogP contribution in [0.3, 0.4) is 0 Å². The average molecular weight is 727 g/mol. The van der Waals surface area contributed by atoms with Gasteiger partial charge in [-0.1, -0.05) is 146 Å². The number of para-hydroxylation sites is 1. The van der Waals surface area contributed by atoms with Crippen molar-refractivity contribution in [3.05, 3.63) is 182 Å². The average Bonchev–Trinajstić information content (AvgIpc) is 3.68. The van der Waals surface area contributed by atoms with E-state index in [0.717, 1.165) is 87.8 Å². The lowest BCUT2D eigenvalue weighted by atomic mass is 9.96. The first-order chi connectivity index (χ1) is 28.2. The lowest BCUT2D eigenvalue weighted by molar-refractivity contribution is 1.08. The molecular weight excluding hydrogens is 697 g/mol. The van der Waals surface area contributed by atoms with E-state index < -0.39 is 0 Å². The Kier molecular flexibility index (Phi) is 6.83. The fourth-order valence-electron chi connectivity index (χ4n) is 8.56. The Morgan fingerprint density at radius 2 is 0.842 bits per heavy atom. The molecule has 0 aliphatic heterocycles. The van der Waals surface area contributed by atoms with Gasteiger partial charge in [0.1, 0.15) is 11.2 Å². The highest BCUT2D eigenvalue weighted by molar-refractivity contribution is 6.15. The number of pyridine rings is 2. The number of hydrogen-bond donors (Lipinski definition) is 0. The van der Waals surface area contributed by atoms with E-state index in [1.807, 2.05) is 30.3 Å². The van der Waals surface area contributed by atoms with Gasteiger partial charge in [0.05, 0.1) is 16.7 Å². The zero-order valence-corrected chi connectivity index (χ0v) is 30.5. The van der Waals surface area contributed by atoms with Gasteiger partial charge in [0.2, 0.25) is 0 Å². The van der Waals surface area contributed by atoms with Gasteiger partial charge in [-0.15, -0.1) is 0 Å². The van der Waals surface area contributed by atoms with Crippen molar-refractivity contribution in [2.24, 2.45) is 0 Å². The molecular formula is C51H30N6. The van der Waals surface area contributed by atoms with Crippen LogP contribution in [0.2, 0.25) is 0 Å². The summed E-state index contributed by atoms with van der Waals surface area (Å²) >= 11 is 0. The highest BCUT2D eigenvalue weighted by atomic mass is 15.0. The second kappa shape index (κ2) is 12.3. The van der Waals surface area contributed by atoms with E-state index in [4.69, 9.17) is 24.9 Å². The molecule has 264 valence electrons. The quantitative estimate of drug-likeness (QED) is 0.169.